The van der Waals surface area contributed by atoms with Gasteiger partial charge in [-0.1, -0.05) is 48.5 Å². The van der Waals surface area contributed by atoms with Gasteiger partial charge in [-0.15, -0.1) is 0 Å². The molecule has 2 aromatic carbocycles. The predicted octanol–water partition coefficient (Wildman–Crippen LogP) is 4.56. The van der Waals surface area contributed by atoms with Crippen LogP contribution in [0.15, 0.2) is 66.9 Å². The number of morpholine rings is 1. The minimum absolute atomic E-state index is 0.00915. The molecule has 2 saturated heterocycles. The normalized spacial score (nSPS) is 22.3. The molecule has 3 aliphatic rings. The largest absolute Gasteiger partial charge is 0.448 e. The number of hydrogen-bond donors (Lipinski definition) is 0. The molecule has 2 unspecified atom stereocenters. The van der Waals surface area contributed by atoms with Crippen LogP contribution >= 0.6 is 0 Å². The standard InChI is InChI=1S/C29H25N3O4/c30-14-18-6-5-11-31-27(18)28(33)19-12-20-15-35-16-21(13-19)32(20)29(34)36-17-26-24-9-3-1-7-22(24)23-8-2-4-10-25(23)26/h1-11,19-21,26H,12-13,15-17H2. The maximum Gasteiger partial charge on any atom is 0.410 e. The van der Waals surface area contributed by atoms with Crippen molar-refractivity contribution in [1.29, 1.82) is 5.26 Å². The van der Waals surface area contributed by atoms with Gasteiger partial charge >= 0.3 is 6.09 Å². The van der Waals surface area contributed by atoms with Gasteiger partial charge in [0, 0.05) is 18.0 Å². The van der Waals surface area contributed by atoms with Crippen LogP contribution in [0, 0.1) is 17.2 Å². The van der Waals surface area contributed by atoms with E-state index in [-0.39, 0.29) is 53.7 Å². The summed E-state index contributed by atoms with van der Waals surface area (Å²) in [7, 11) is 0. The number of nitriles is 1. The van der Waals surface area contributed by atoms with E-state index in [0.717, 1.165) is 0 Å². The van der Waals surface area contributed by atoms with Gasteiger partial charge in [0.05, 0.1) is 30.9 Å². The smallest absolute Gasteiger partial charge is 0.410 e. The maximum absolute atomic E-state index is 13.3. The van der Waals surface area contributed by atoms with Crippen LogP contribution in [-0.2, 0) is 9.47 Å². The molecule has 7 nitrogen and oxygen atoms in total. The lowest BCUT2D eigenvalue weighted by Crippen LogP contribution is -2.60. The molecule has 6 rings (SSSR count). The first-order chi connectivity index (χ1) is 17.7. The van der Waals surface area contributed by atoms with Crippen molar-refractivity contribution in [3.63, 3.8) is 0 Å². The zero-order valence-corrected chi connectivity index (χ0v) is 19.7. The predicted molar refractivity (Wildman–Crippen MR) is 131 cm³/mol. The highest BCUT2D eigenvalue weighted by molar-refractivity contribution is 5.98. The number of nitrogens with zero attached hydrogens (tertiary/aromatic N) is 3. The molecule has 2 atom stereocenters. The van der Waals surface area contributed by atoms with E-state index in [4.69, 9.17) is 9.47 Å². The molecule has 0 spiro atoms. The number of carbonyl (C=O) groups is 2. The second-order valence-electron chi connectivity index (χ2n) is 9.60. The molecule has 1 amide bonds. The lowest BCUT2D eigenvalue weighted by atomic mass is 9.81. The molecule has 0 saturated carbocycles. The van der Waals surface area contributed by atoms with Crippen LogP contribution in [0.3, 0.4) is 0 Å². The molecule has 2 fully saturated rings. The van der Waals surface area contributed by atoms with E-state index in [9.17, 15) is 14.9 Å². The van der Waals surface area contributed by atoms with Crippen LogP contribution in [0.2, 0.25) is 0 Å². The van der Waals surface area contributed by atoms with Gasteiger partial charge in [0.15, 0.2) is 5.78 Å². The highest BCUT2D eigenvalue weighted by Gasteiger charge is 2.45. The van der Waals surface area contributed by atoms with E-state index in [1.54, 1.807) is 17.0 Å². The number of benzene rings is 2. The second-order valence-corrected chi connectivity index (χ2v) is 9.60. The van der Waals surface area contributed by atoms with Crippen molar-refractivity contribution in [3.8, 4) is 17.2 Å². The van der Waals surface area contributed by atoms with Crippen molar-refractivity contribution in [2.24, 2.45) is 5.92 Å². The molecule has 0 radical (unpaired) electrons. The van der Waals surface area contributed by atoms with Gasteiger partial charge in [-0.3, -0.25) is 14.7 Å². The zero-order valence-electron chi connectivity index (χ0n) is 19.7. The Morgan fingerprint density at radius 1 is 0.972 bits per heavy atom. The van der Waals surface area contributed by atoms with Crippen molar-refractivity contribution in [2.75, 3.05) is 19.8 Å². The number of piperidine rings is 1. The summed E-state index contributed by atoms with van der Waals surface area (Å²) in [6.45, 7) is 0.973. The third-order valence-corrected chi connectivity index (χ3v) is 7.60. The number of ketones is 1. The molecule has 3 heterocycles. The van der Waals surface area contributed by atoms with Gasteiger partial charge in [-0.2, -0.15) is 5.26 Å². The van der Waals surface area contributed by atoms with Crippen molar-refractivity contribution in [2.45, 2.75) is 30.8 Å². The van der Waals surface area contributed by atoms with Crippen LogP contribution in [0.4, 0.5) is 4.79 Å². The van der Waals surface area contributed by atoms with Crippen molar-refractivity contribution < 1.29 is 19.1 Å². The van der Waals surface area contributed by atoms with Gasteiger partial charge in [-0.25, -0.2) is 4.79 Å². The maximum atomic E-state index is 13.3. The molecular weight excluding hydrogens is 454 g/mol. The van der Waals surface area contributed by atoms with Crippen molar-refractivity contribution in [3.05, 3.63) is 89.2 Å². The zero-order chi connectivity index (χ0) is 24.6. The average Bonchev–Trinajstić information content (AvgIpc) is 3.24. The van der Waals surface area contributed by atoms with Crippen molar-refractivity contribution in [1.82, 2.24) is 9.88 Å². The fourth-order valence-corrected chi connectivity index (χ4v) is 5.98. The van der Waals surface area contributed by atoms with E-state index in [1.807, 2.05) is 24.3 Å². The first kappa shape index (κ1) is 22.4. The Hall–Kier alpha value is -4.02. The molecule has 36 heavy (non-hydrogen) atoms. The summed E-state index contributed by atoms with van der Waals surface area (Å²) in [4.78, 5) is 32.5. The molecule has 1 aromatic heterocycles. The molecular formula is C29H25N3O4. The Morgan fingerprint density at radius 2 is 1.61 bits per heavy atom. The summed E-state index contributed by atoms with van der Waals surface area (Å²) in [5.41, 5.74) is 5.20. The summed E-state index contributed by atoms with van der Waals surface area (Å²) in [5, 5.41) is 9.38. The molecule has 2 bridgehead atoms. The fourth-order valence-electron chi connectivity index (χ4n) is 5.98. The van der Waals surface area contributed by atoms with Crippen LogP contribution in [0.25, 0.3) is 11.1 Å². The Morgan fingerprint density at radius 3 is 2.25 bits per heavy atom. The number of carbonyl (C=O) groups excluding carboxylic acids is 2. The highest BCUT2D eigenvalue weighted by atomic mass is 16.6. The second kappa shape index (κ2) is 9.21. The topological polar surface area (TPSA) is 92.5 Å². The molecule has 1 aliphatic carbocycles. The number of fused-ring (bicyclic) bond motifs is 5. The first-order valence-electron chi connectivity index (χ1n) is 12.3. The third kappa shape index (κ3) is 3.75. The van der Waals surface area contributed by atoms with E-state index >= 15 is 0 Å². The van der Waals surface area contributed by atoms with Crippen LogP contribution in [0.5, 0.6) is 0 Å². The number of Topliss-reactive ketones (excluding diaryl/α,β-unsaturated/α-hetero) is 1. The lowest BCUT2D eigenvalue weighted by molar-refractivity contribution is -0.0748. The number of rotatable bonds is 4. The average molecular weight is 480 g/mol. The van der Waals surface area contributed by atoms with E-state index in [0.29, 0.717) is 26.1 Å². The van der Waals surface area contributed by atoms with E-state index in [2.05, 4.69) is 35.3 Å². The van der Waals surface area contributed by atoms with Crippen molar-refractivity contribution >= 4 is 11.9 Å². The Bertz CT molecular complexity index is 1320. The Balaban J connectivity index is 1.17. The molecule has 180 valence electrons. The van der Waals surface area contributed by atoms with E-state index < -0.39 is 0 Å². The number of aromatic nitrogens is 1. The lowest BCUT2D eigenvalue weighted by Gasteiger charge is -2.47. The van der Waals surface area contributed by atoms with Crippen LogP contribution in [0.1, 0.15) is 45.9 Å². The quantitative estimate of drug-likeness (QED) is 0.509. The molecule has 3 aromatic rings. The molecule has 0 N–H and O–H groups in total. The minimum atomic E-state index is -0.364. The van der Waals surface area contributed by atoms with E-state index in [1.165, 1.54) is 28.5 Å². The van der Waals surface area contributed by atoms with Gasteiger partial charge in [0.1, 0.15) is 18.4 Å². The summed E-state index contributed by atoms with van der Waals surface area (Å²) < 4.78 is 11.7. The summed E-state index contributed by atoms with van der Waals surface area (Å²) >= 11 is 0. The summed E-state index contributed by atoms with van der Waals surface area (Å²) in [5.74, 6) is -0.468. The Kier molecular flexibility index (Phi) is 5.74. The summed E-state index contributed by atoms with van der Waals surface area (Å²) in [6, 6.07) is 21.3. The molecule has 7 heteroatoms. The van der Waals surface area contributed by atoms with Crippen LogP contribution in [-0.4, -0.2) is 53.7 Å². The Labute approximate surface area is 209 Å². The SMILES string of the molecule is N#Cc1cccnc1C(=O)C1CC2COCC(C1)N2C(=O)OCC1c2ccccc2-c2ccccc21. The monoisotopic (exact) mass is 479 g/mol. The summed E-state index contributed by atoms with van der Waals surface area (Å²) in [6.07, 6.45) is 2.09. The highest BCUT2D eigenvalue weighted by Crippen LogP contribution is 2.44. The van der Waals surface area contributed by atoms with Gasteiger partial charge < -0.3 is 9.47 Å². The van der Waals surface area contributed by atoms with Crippen LogP contribution < -0.4 is 0 Å². The third-order valence-electron chi connectivity index (χ3n) is 7.60. The first-order valence-corrected chi connectivity index (χ1v) is 12.3. The van der Waals surface area contributed by atoms with Gasteiger partial charge in [-0.05, 0) is 47.2 Å². The number of hydrogen-bond acceptors (Lipinski definition) is 6. The molecule has 2 aliphatic heterocycles. The van der Waals surface area contributed by atoms with Gasteiger partial charge in [0.2, 0.25) is 0 Å². The van der Waals surface area contributed by atoms with Gasteiger partial charge in [0.25, 0.3) is 0 Å². The number of pyridine rings is 1. The fraction of sp³-hybridized carbons (Fsp3) is 0.310. The number of ether oxygens (including phenoxy) is 2. The number of amides is 1. The minimum Gasteiger partial charge on any atom is -0.448 e.